The van der Waals surface area contributed by atoms with E-state index in [1.54, 1.807) is 0 Å². The summed E-state index contributed by atoms with van der Waals surface area (Å²) in [7, 11) is 0. The van der Waals surface area contributed by atoms with E-state index in [2.05, 4.69) is 6.92 Å². The number of unbranched alkanes of at least 4 members (excludes halogenated alkanes) is 7. The summed E-state index contributed by atoms with van der Waals surface area (Å²) in [4.78, 5) is 0. The van der Waals surface area contributed by atoms with E-state index < -0.39 is 0 Å². The molecule has 0 aliphatic carbocycles. The Morgan fingerprint density at radius 2 is 1.48 bits per heavy atom. The molecule has 0 fully saturated rings. The SMILES string of the molecule is CCCCCCCCCCC(CCl)Cc1ccc(F)cc1. The highest BCUT2D eigenvalue weighted by Crippen LogP contribution is 2.19. The largest absolute Gasteiger partial charge is 0.207 e. The quantitative estimate of drug-likeness (QED) is 0.295. The lowest BCUT2D eigenvalue weighted by atomic mass is 9.95. The first kappa shape index (κ1) is 18.5. The zero-order chi connectivity index (χ0) is 15.3. The molecular formula is C19H30ClF. The molecule has 120 valence electrons. The van der Waals surface area contributed by atoms with Crippen molar-refractivity contribution in [2.24, 2.45) is 5.92 Å². The van der Waals surface area contributed by atoms with Crippen LogP contribution in [0.15, 0.2) is 24.3 Å². The van der Waals surface area contributed by atoms with Gasteiger partial charge >= 0.3 is 0 Å². The zero-order valence-corrected chi connectivity index (χ0v) is 14.2. The van der Waals surface area contributed by atoms with E-state index in [9.17, 15) is 4.39 Å². The van der Waals surface area contributed by atoms with E-state index in [4.69, 9.17) is 11.6 Å². The molecular weight excluding hydrogens is 283 g/mol. The smallest absolute Gasteiger partial charge is 0.123 e. The van der Waals surface area contributed by atoms with Crippen molar-refractivity contribution >= 4 is 11.6 Å². The average Bonchev–Trinajstić information content (AvgIpc) is 2.50. The maximum atomic E-state index is 12.9. The van der Waals surface area contributed by atoms with Gasteiger partial charge in [-0.2, -0.15) is 0 Å². The Labute approximate surface area is 135 Å². The van der Waals surface area contributed by atoms with Gasteiger partial charge in [-0.1, -0.05) is 70.4 Å². The van der Waals surface area contributed by atoms with Crippen LogP contribution in [0.2, 0.25) is 0 Å². The molecule has 0 bridgehead atoms. The van der Waals surface area contributed by atoms with Crippen molar-refractivity contribution in [3.05, 3.63) is 35.6 Å². The summed E-state index contributed by atoms with van der Waals surface area (Å²) in [5.74, 6) is 1.06. The topological polar surface area (TPSA) is 0 Å². The predicted octanol–water partition coefficient (Wildman–Crippen LogP) is 6.75. The Morgan fingerprint density at radius 3 is 2.05 bits per heavy atom. The van der Waals surface area contributed by atoms with Gasteiger partial charge in [-0.15, -0.1) is 11.6 Å². The fraction of sp³-hybridized carbons (Fsp3) is 0.684. The fourth-order valence-corrected chi connectivity index (χ4v) is 3.02. The summed E-state index contributed by atoms with van der Waals surface area (Å²) in [5.41, 5.74) is 1.20. The van der Waals surface area contributed by atoms with Gasteiger partial charge in [0.05, 0.1) is 0 Å². The van der Waals surface area contributed by atoms with E-state index in [0.717, 1.165) is 6.42 Å². The molecule has 0 saturated heterocycles. The third-order valence-electron chi connectivity index (χ3n) is 4.12. The second kappa shape index (κ2) is 12.0. The van der Waals surface area contributed by atoms with Crippen LogP contribution in [0.4, 0.5) is 4.39 Å². The van der Waals surface area contributed by atoms with Crippen molar-refractivity contribution in [2.45, 2.75) is 71.1 Å². The molecule has 2 heteroatoms. The molecule has 0 spiro atoms. The van der Waals surface area contributed by atoms with Gasteiger partial charge in [0.1, 0.15) is 5.82 Å². The first-order chi connectivity index (χ1) is 10.3. The zero-order valence-electron chi connectivity index (χ0n) is 13.4. The second-order valence-corrected chi connectivity index (χ2v) is 6.42. The molecule has 0 heterocycles. The highest BCUT2D eigenvalue weighted by atomic mass is 35.5. The number of halogens is 2. The molecule has 0 N–H and O–H groups in total. The van der Waals surface area contributed by atoms with Gasteiger partial charge in [0.25, 0.3) is 0 Å². The van der Waals surface area contributed by atoms with Crippen LogP contribution in [-0.2, 0) is 6.42 Å². The molecule has 0 aromatic heterocycles. The number of benzene rings is 1. The lowest BCUT2D eigenvalue weighted by Crippen LogP contribution is -2.06. The molecule has 0 amide bonds. The van der Waals surface area contributed by atoms with Crippen molar-refractivity contribution in [3.8, 4) is 0 Å². The Hall–Kier alpha value is -0.560. The van der Waals surface area contributed by atoms with Crippen LogP contribution in [0.3, 0.4) is 0 Å². The lowest BCUT2D eigenvalue weighted by Gasteiger charge is -2.13. The van der Waals surface area contributed by atoms with Crippen LogP contribution in [0.25, 0.3) is 0 Å². The van der Waals surface area contributed by atoms with Crippen molar-refractivity contribution in [2.75, 3.05) is 5.88 Å². The van der Waals surface area contributed by atoms with E-state index in [1.165, 1.54) is 75.5 Å². The minimum Gasteiger partial charge on any atom is -0.207 e. The van der Waals surface area contributed by atoms with Crippen molar-refractivity contribution < 1.29 is 4.39 Å². The molecule has 1 aromatic carbocycles. The third kappa shape index (κ3) is 9.14. The van der Waals surface area contributed by atoms with Gasteiger partial charge in [0.2, 0.25) is 0 Å². The highest BCUT2D eigenvalue weighted by molar-refractivity contribution is 6.18. The van der Waals surface area contributed by atoms with E-state index in [0.29, 0.717) is 11.8 Å². The summed E-state index contributed by atoms with van der Waals surface area (Å²) >= 11 is 6.07. The molecule has 1 rings (SSSR count). The van der Waals surface area contributed by atoms with Crippen molar-refractivity contribution in [3.63, 3.8) is 0 Å². The normalized spacial score (nSPS) is 12.5. The standard InChI is InChI=1S/C19H30ClF/c1-2-3-4-5-6-7-8-9-10-18(16-20)15-17-11-13-19(21)14-12-17/h11-14,18H,2-10,15-16H2,1H3. The van der Waals surface area contributed by atoms with Gasteiger partial charge in [0.15, 0.2) is 0 Å². The van der Waals surface area contributed by atoms with Crippen LogP contribution in [0.1, 0.15) is 70.3 Å². The second-order valence-electron chi connectivity index (χ2n) is 6.11. The molecule has 1 unspecified atom stereocenters. The summed E-state index contributed by atoms with van der Waals surface area (Å²) < 4.78 is 12.9. The molecule has 0 saturated carbocycles. The molecule has 1 aromatic rings. The first-order valence-electron chi connectivity index (χ1n) is 8.56. The summed E-state index contributed by atoms with van der Waals surface area (Å²) in [6.07, 6.45) is 13.0. The Kier molecular flexibility index (Phi) is 10.6. The number of alkyl halides is 1. The molecule has 1 atom stereocenters. The molecule has 0 aliphatic heterocycles. The van der Waals surface area contributed by atoms with Gasteiger partial charge in [-0.05, 0) is 36.5 Å². The van der Waals surface area contributed by atoms with Crippen molar-refractivity contribution in [1.82, 2.24) is 0 Å². The average molecular weight is 313 g/mol. The maximum Gasteiger partial charge on any atom is 0.123 e. The lowest BCUT2D eigenvalue weighted by molar-refractivity contribution is 0.482. The minimum absolute atomic E-state index is 0.163. The third-order valence-corrected chi connectivity index (χ3v) is 4.56. The molecule has 21 heavy (non-hydrogen) atoms. The van der Waals surface area contributed by atoms with Crippen LogP contribution >= 0.6 is 11.6 Å². The Morgan fingerprint density at radius 1 is 0.905 bits per heavy atom. The molecule has 0 nitrogen and oxygen atoms in total. The monoisotopic (exact) mass is 312 g/mol. The van der Waals surface area contributed by atoms with E-state index >= 15 is 0 Å². The minimum atomic E-state index is -0.163. The number of hydrogen-bond acceptors (Lipinski definition) is 0. The van der Waals surface area contributed by atoms with Crippen LogP contribution < -0.4 is 0 Å². The van der Waals surface area contributed by atoms with Gasteiger partial charge < -0.3 is 0 Å². The van der Waals surface area contributed by atoms with Crippen molar-refractivity contribution in [1.29, 1.82) is 0 Å². The molecule has 0 radical (unpaired) electrons. The van der Waals surface area contributed by atoms with E-state index in [1.807, 2.05) is 12.1 Å². The predicted molar refractivity (Wildman–Crippen MR) is 91.5 cm³/mol. The number of rotatable bonds is 12. The van der Waals surface area contributed by atoms with Crippen LogP contribution in [0.5, 0.6) is 0 Å². The maximum absolute atomic E-state index is 12.9. The highest BCUT2D eigenvalue weighted by Gasteiger charge is 2.08. The van der Waals surface area contributed by atoms with Gasteiger partial charge in [-0.25, -0.2) is 4.39 Å². The summed E-state index contributed by atoms with van der Waals surface area (Å²) in [6.45, 7) is 2.26. The van der Waals surface area contributed by atoms with Gasteiger partial charge in [0, 0.05) is 5.88 Å². The summed E-state index contributed by atoms with van der Waals surface area (Å²) in [6, 6.07) is 6.83. The summed E-state index contributed by atoms with van der Waals surface area (Å²) in [5, 5.41) is 0. The van der Waals surface area contributed by atoms with Gasteiger partial charge in [-0.3, -0.25) is 0 Å². The Bertz CT molecular complexity index is 347. The molecule has 0 aliphatic rings. The van der Waals surface area contributed by atoms with Crippen LogP contribution in [0, 0.1) is 11.7 Å². The van der Waals surface area contributed by atoms with Crippen LogP contribution in [-0.4, -0.2) is 5.88 Å². The van der Waals surface area contributed by atoms with E-state index in [-0.39, 0.29) is 5.82 Å². The fourth-order valence-electron chi connectivity index (χ4n) is 2.75. The Balaban J connectivity index is 2.09. The number of hydrogen-bond donors (Lipinski definition) is 0. The first-order valence-corrected chi connectivity index (χ1v) is 9.10.